The van der Waals surface area contributed by atoms with E-state index in [0.717, 1.165) is 11.2 Å². The van der Waals surface area contributed by atoms with Gasteiger partial charge in [0.05, 0.1) is 0 Å². The number of hydrogen-bond donors (Lipinski definition) is 0. The van der Waals surface area contributed by atoms with Crippen molar-refractivity contribution in [1.82, 2.24) is 0 Å². The second-order valence-electron chi connectivity index (χ2n) is 5.59. The molecule has 0 aliphatic rings. The Bertz CT molecular complexity index is 1060. The zero-order valence-corrected chi connectivity index (χ0v) is 13.3. The minimum absolute atomic E-state index is 0.994. The van der Waals surface area contributed by atoms with Crippen LogP contribution in [0.3, 0.4) is 0 Å². The van der Waals surface area contributed by atoms with Crippen molar-refractivity contribution < 1.29 is 4.42 Å². The third kappa shape index (κ3) is 1.62. The van der Waals surface area contributed by atoms with Crippen LogP contribution in [-0.4, -0.2) is 0 Å². The maximum absolute atomic E-state index is 6.10. The van der Waals surface area contributed by atoms with Gasteiger partial charge in [-0.3, -0.25) is 0 Å². The van der Waals surface area contributed by atoms with E-state index in [4.69, 9.17) is 4.42 Å². The molecule has 0 fully saturated rings. The molecule has 0 bridgehead atoms. The molecular formula is C18H12OS2. The van der Waals surface area contributed by atoms with Gasteiger partial charge in [0.25, 0.3) is 0 Å². The van der Waals surface area contributed by atoms with Crippen molar-refractivity contribution in [2.24, 2.45) is 0 Å². The molecule has 0 saturated heterocycles. The summed E-state index contributed by atoms with van der Waals surface area (Å²) < 4.78 is 8.71. The van der Waals surface area contributed by atoms with Gasteiger partial charge in [-0.2, -0.15) is 0 Å². The van der Waals surface area contributed by atoms with Crippen molar-refractivity contribution >= 4 is 64.8 Å². The lowest BCUT2D eigenvalue weighted by atomic mass is 10.1. The zero-order valence-electron chi connectivity index (χ0n) is 11.7. The molecule has 3 heterocycles. The lowest BCUT2D eigenvalue weighted by Gasteiger charge is -1.92. The summed E-state index contributed by atoms with van der Waals surface area (Å²) in [5, 5.41) is 5.07. The van der Waals surface area contributed by atoms with Gasteiger partial charge in [0.1, 0.15) is 11.2 Å². The number of furan rings is 1. The van der Waals surface area contributed by atoms with Crippen molar-refractivity contribution in [2.75, 3.05) is 0 Å². The molecule has 2 aromatic carbocycles. The van der Waals surface area contributed by atoms with Gasteiger partial charge < -0.3 is 4.42 Å². The lowest BCUT2D eigenvalue weighted by Crippen LogP contribution is -1.67. The molecule has 102 valence electrons. The standard InChI is InChI=1S/C18H12OS2/c1-9-3-11-5-13-14-6-12-4-10(2)21-18(12)8-16(14)19-15(13)7-17(11)20-9/h3-8H,1-2H3. The second kappa shape index (κ2) is 3.87. The smallest absolute Gasteiger partial charge is 0.136 e. The summed E-state index contributed by atoms with van der Waals surface area (Å²) in [6, 6.07) is 13.4. The first-order valence-electron chi connectivity index (χ1n) is 6.94. The topological polar surface area (TPSA) is 13.1 Å². The quantitative estimate of drug-likeness (QED) is 0.313. The Labute approximate surface area is 129 Å². The fourth-order valence-corrected chi connectivity index (χ4v) is 4.98. The molecule has 3 heteroatoms. The van der Waals surface area contributed by atoms with E-state index < -0.39 is 0 Å². The summed E-state index contributed by atoms with van der Waals surface area (Å²) in [6.07, 6.45) is 0. The number of rotatable bonds is 0. The Kier molecular flexibility index (Phi) is 2.17. The van der Waals surface area contributed by atoms with Gasteiger partial charge in [-0.1, -0.05) is 0 Å². The van der Waals surface area contributed by atoms with Crippen LogP contribution in [0.15, 0.2) is 40.8 Å². The Balaban J connectivity index is 1.97. The fraction of sp³-hybridized carbons (Fsp3) is 0.111. The van der Waals surface area contributed by atoms with Crippen molar-refractivity contribution in [3.05, 3.63) is 46.2 Å². The van der Waals surface area contributed by atoms with Gasteiger partial charge in [-0.05, 0) is 61.0 Å². The summed E-state index contributed by atoms with van der Waals surface area (Å²) in [7, 11) is 0. The van der Waals surface area contributed by atoms with Crippen molar-refractivity contribution in [2.45, 2.75) is 13.8 Å². The summed E-state index contributed by atoms with van der Waals surface area (Å²) in [5.41, 5.74) is 1.99. The highest BCUT2D eigenvalue weighted by molar-refractivity contribution is 7.19. The number of fused-ring (bicyclic) bond motifs is 5. The maximum Gasteiger partial charge on any atom is 0.136 e. The number of aryl methyl sites for hydroxylation is 2. The van der Waals surface area contributed by atoms with E-state index in [-0.39, 0.29) is 0 Å². The van der Waals surface area contributed by atoms with Gasteiger partial charge in [0.2, 0.25) is 0 Å². The van der Waals surface area contributed by atoms with Gasteiger partial charge in [-0.25, -0.2) is 0 Å². The largest absolute Gasteiger partial charge is 0.456 e. The van der Waals surface area contributed by atoms with Gasteiger partial charge >= 0.3 is 0 Å². The van der Waals surface area contributed by atoms with E-state index in [9.17, 15) is 0 Å². The SMILES string of the molecule is Cc1cc2cc3c(cc2s1)oc1cc2sc(C)cc2cc13. The van der Waals surface area contributed by atoms with Crippen LogP contribution in [0.2, 0.25) is 0 Å². The molecule has 21 heavy (non-hydrogen) atoms. The molecule has 0 unspecified atom stereocenters. The Morgan fingerprint density at radius 1 is 0.667 bits per heavy atom. The summed E-state index contributed by atoms with van der Waals surface area (Å²) >= 11 is 3.65. The van der Waals surface area contributed by atoms with Crippen LogP contribution in [0.25, 0.3) is 42.1 Å². The molecule has 0 radical (unpaired) electrons. The van der Waals surface area contributed by atoms with Crippen LogP contribution in [0.4, 0.5) is 0 Å². The molecule has 0 amide bonds. The predicted molar refractivity (Wildman–Crippen MR) is 94.0 cm³/mol. The first-order valence-corrected chi connectivity index (χ1v) is 8.57. The average molecular weight is 308 g/mol. The Morgan fingerprint density at radius 2 is 1.14 bits per heavy atom. The average Bonchev–Trinajstić information content (AvgIpc) is 3.05. The van der Waals surface area contributed by atoms with E-state index >= 15 is 0 Å². The van der Waals surface area contributed by atoms with Crippen LogP contribution in [0.5, 0.6) is 0 Å². The second-order valence-corrected chi connectivity index (χ2v) is 8.16. The van der Waals surface area contributed by atoms with Gasteiger partial charge in [0, 0.05) is 29.9 Å². The number of hydrogen-bond acceptors (Lipinski definition) is 3. The lowest BCUT2D eigenvalue weighted by molar-refractivity contribution is 0.670. The Hall–Kier alpha value is -1.84. The van der Waals surface area contributed by atoms with E-state index in [0.29, 0.717) is 0 Å². The van der Waals surface area contributed by atoms with Crippen LogP contribution in [0.1, 0.15) is 9.75 Å². The first-order chi connectivity index (χ1) is 10.2. The molecule has 1 nitrogen and oxygen atoms in total. The van der Waals surface area contributed by atoms with Gasteiger partial charge in [-0.15, -0.1) is 22.7 Å². The molecule has 0 N–H and O–H groups in total. The summed E-state index contributed by atoms with van der Waals surface area (Å²) in [6.45, 7) is 4.31. The number of benzene rings is 2. The van der Waals surface area contributed by atoms with Crippen LogP contribution in [-0.2, 0) is 0 Å². The molecule has 0 spiro atoms. The van der Waals surface area contributed by atoms with E-state index in [1.165, 1.54) is 40.7 Å². The molecule has 0 aliphatic heterocycles. The maximum atomic E-state index is 6.10. The minimum Gasteiger partial charge on any atom is -0.456 e. The zero-order chi connectivity index (χ0) is 14.1. The van der Waals surface area contributed by atoms with Crippen LogP contribution < -0.4 is 0 Å². The van der Waals surface area contributed by atoms with Crippen molar-refractivity contribution in [1.29, 1.82) is 0 Å². The summed E-state index contributed by atoms with van der Waals surface area (Å²) in [4.78, 5) is 2.69. The van der Waals surface area contributed by atoms with Crippen molar-refractivity contribution in [3.8, 4) is 0 Å². The molecule has 3 aromatic heterocycles. The highest BCUT2D eigenvalue weighted by Gasteiger charge is 2.11. The third-order valence-corrected chi connectivity index (χ3v) is 6.02. The third-order valence-electron chi connectivity index (χ3n) is 3.99. The van der Waals surface area contributed by atoms with E-state index in [1.807, 2.05) is 22.7 Å². The Morgan fingerprint density at radius 3 is 1.62 bits per heavy atom. The molecule has 5 aromatic rings. The monoisotopic (exact) mass is 308 g/mol. The fourth-order valence-electron chi connectivity index (χ4n) is 3.11. The van der Waals surface area contributed by atoms with Crippen LogP contribution in [0, 0.1) is 13.8 Å². The molecular weight excluding hydrogens is 296 g/mol. The summed E-state index contributed by atoms with van der Waals surface area (Å²) in [5.74, 6) is 0. The van der Waals surface area contributed by atoms with Crippen molar-refractivity contribution in [3.63, 3.8) is 0 Å². The van der Waals surface area contributed by atoms with Gasteiger partial charge in [0.15, 0.2) is 0 Å². The predicted octanol–water partition coefficient (Wildman–Crippen LogP) is 6.63. The highest BCUT2D eigenvalue weighted by atomic mass is 32.1. The van der Waals surface area contributed by atoms with E-state index in [1.54, 1.807) is 0 Å². The van der Waals surface area contributed by atoms with E-state index in [2.05, 4.69) is 50.2 Å². The van der Waals surface area contributed by atoms with Crippen LogP contribution >= 0.6 is 22.7 Å². The first kappa shape index (κ1) is 11.8. The minimum atomic E-state index is 0.994. The molecule has 0 saturated carbocycles. The normalized spacial score (nSPS) is 12.3. The molecule has 0 atom stereocenters. The highest BCUT2D eigenvalue weighted by Crippen LogP contribution is 2.38. The molecule has 5 rings (SSSR count). The number of thiophene rings is 2. The molecule has 0 aliphatic carbocycles.